The molecule has 0 aliphatic heterocycles. The van der Waals surface area contributed by atoms with E-state index in [0.717, 1.165) is 16.6 Å². The van der Waals surface area contributed by atoms with Gasteiger partial charge in [-0.3, -0.25) is 4.79 Å². The first-order valence-corrected chi connectivity index (χ1v) is 7.45. The molecule has 0 spiro atoms. The Kier molecular flexibility index (Phi) is 4.39. The van der Waals surface area contributed by atoms with Crippen LogP contribution in [0.4, 0.5) is 5.82 Å². The largest absolute Gasteiger partial charge is 0.383 e. The van der Waals surface area contributed by atoms with Crippen molar-refractivity contribution >= 4 is 22.8 Å². The summed E-state index contributed by atoms with van der Waals surface area (Å²) >= 11 is 0. The maximum absolute atomic E-state index is 12.1. The third-order valence-corrected chi connectivity index (χ3v) is 3.49. The van der Waals surface area contributed by atoms with E-state index >= 15 is 0 Å². The molecule has 0 unspecified atom stereocenters. The zero-order chi connectivity index (χ0) is 17.1. The van der Waals surface area contributed by atoms with Crippen LogP contribution in [0.1, 0.15) is 21.8 Å². The first-order valence-electron chi connectivity index (χ1n) is 7.45. The Labute approximate surface area is 144 Å². The average Bonchev–Trinajstić information content (AvgIpc) is 2.98. The highest BCUT2D eigenvalue weighted by molar-refractivity contribution is 5.93. The van der Waals surface area contributed by atoms with E-state index in [1.54, 1.807) is 7.11 Å². The zero-order valence-corrected chi connectivity index (χ0v) is 13.5. The first kappa shape index (κ1) is 15.9. The van der Waals surface area contributed by atoms with Gasteiger partial charge in [0.05, 0.1) is 23.8 Å². The number of aryl methyl sites for hydroxylation is 1. The number of aromatic nitrogens is 4. The number of nitrogens with two attached hydrogens (primary N) is 1. The van der Waals surface area contributed by atoms with Crippen molar-refractivity contribution in [1.82, 2.24) is 25.3 Å². The van der Waals surface area contributed by atoms with Crippen LogP contribution in [0.2, 0.25) is 0 Å². The Bertz CT molecular complexity index is 906. The molecule has 2 aromatic heterocycles. The van der Waals surface area contributed by atoms with Crippen LogP contribution in [0.15, 0.2) is 24.4 Å². The molecule has 8 heteroatoms. The second-order valence-electron chi connectivity index (χ2n) is 5.34. The number of nitrogens with one attached hydrogen (secondary N) is 2. The number of anilines is 1. The fraction of sp³-hybridized carbons (Fsp3) is 0.250. The van der Waals surface area contributed by atoms with Crippen LogP contribution in [0.5, 0.6) is 0 Å². The zero-order valence-electron chi connectivity index (χ0n) is 13.5. The van der Waals surface area contributed by atoms with Gasteiger partial charge in [0.25, 0.3) is 5.91 Å². The molecule has 3 rings (SSSR count). The highest BCUT2D eigenvalue weighted by Crippen LogP contribution is 2.23. The molecule has 0 atom stereocenters. The number of rotatable bonds is 5. The molecule has 0 aliphatic carbocycles. The Hall–Kier alpha value is -3.00. The van der Waals surface area contributed by atoms with Gasteiger partial charge in [0.15, 0.2) is 11.6 Å². The Morgan fingerprint density at radius 2 is 2.25 bits per heavy atom. The minimum Gasteiger partial charge on any atom is -0.383 e. The summed E-state index contributed by atoms with van der Waals surface area (Å²) < 4.78 is 4.90. The number of nitrogen functional groups attached to an aromatic ring is 1. The summed E-state index contributed by atoms with van der Waals surface area (Å²) in [5.41, 5.74) is 9.22. The lowest BCUT2D eigenvalue weighted by atomic mass is 10.2. The molecule has 2 heterocycles. The molecule has 0 saturated carbocycles. The number of benzene rings is 1. The number of carbonyl (C=O) groups is 1. The molecular weight excluding hydrogens is 308 g/mol. The molecule has 8 nitrogen and oxygen atoms in total. The lowest BCUT2D eigenvalue weighted by Gasteiger charge is -2.06. The van der Waals surface area contributed by atoms with E-state index in [1.165, 1.54) is 6.20 Å². The van der Waals surface area contributed by atoms with E-state index in [1.807, 2.05) is 25.1 Å². The average molecular weight is 334 g/mol. The first-order chi connectivity index (χ1) is 11.6. The van der Waals surface area contributed by atoms with Crippen molar-refractivity contribution in [2.75, 3.05) is 26.0 Å². The number of H-pyrrole nitrogens is 1. The molecule has 4 N–H and O–H groups in total. The van der Waals surface area contributed by atoms with Gasteiger partial charge < -0.3 is 20.8 Å². The molecule has 0 aliphatic rings. The number of fused-ring (bicyclic) bond motifs is 1. The van der Waals surface area contributed by atoms with E-state index in [0.29, 0.717) is 24.7 Å². The maximum Gasteiger partial charge on any atom is 0.271 e. The van der Waals surface area contributed by atoms with Crippen LogP contribution >= 0.6 is 0 Å². The highest BCUT2D eigenvalue weighted by Gasteiger charge is 2.15. The number of hydrogen-bond donors (Lipinski definition) is 3. The van der Waals surface area contributed by atoms with Gasteiger partial charge in [0, 0.05) is 19.4 Å². The van der Waals surface area contributed by atoms with Gasteiger partial charge in [0.2, 0.25) is 0 Å². The molecule has 3 aromatic rings. The second kappa shape index (κ2) is 6.63. The lowest BCUT2D eigenvalue weighted by molar-refractivity contribution is 0.0932. The number of carbonyl (C=O) groups excluding carboxylic acids is 1. The minimum absolute atomic E-state index is 0. The topological polar surface area (TPSA) is 119 Å². The minimum atomic E-state index is -0.340. The van der Waals surface area contributed by atoms with Crippen LogP contribution < -0.4 is 11.1 Å². The third kappa shape index (κ3) is 3.18. The monoisotopic (exact) mass is 334 g/mol. The molecular formula is C16H26N6O2. The number of aromatic amines is 1. The Morgan fingerprint density at radius 1 is 1.42 bits per heavy atom. The summed E-state index contributed by atoms with van der Waals surface area (Å²) in [6.07, 6.45) is 1.34. The van der Waals surface area contributed by atoms with Gasteiger partial charge in [-0.15, -0.1) is 0 Å². The molecule has 0 fully saturated rings. The Morgan fingerprint density at radius 3 is 3.04 bits per heavy atom. The van der Waals surface area contributed by atoms with Gasteiger partial charge in [-0.25, -0.2) is 15.0 Å². The van der Waals surface area contributed by atoms with Crippen molar-refractivity contribution in [2.45, 2.75) is 6.92 Å². The maximum atomic E-state index is 12.1. The molecule has 1 amide bonds. The van der Waals surface area contributed by atoms with Gasteiger partial charge in [-0.2, -0.15) is 0 Å². The molecule has 132 valence electrons. The van der Waals surface area contributed by atoms with E-state index in [2.05, 4.69) is 25.3 Å². The summed E-state index contributed by atoms with van der Waals surface area (Å²) in [4.78, 5) is 28.1. The quantitative estimate of drug-likeness (QED) is 0.616. The van der Waals surface area contributed by atoms with E-state index in [4.69, 9.17) is 10.5 Å². The summed E-state index contributed by atoms with van der Waals surface area (Å²) in [6, 6.07) is 5.87. The predicted molar refractivity (Wildman–Crippen MR) is 98.9 cm³/mol. The predicted octanol–water partition coefficient (Wildman–Crippen LogP) is 2.27. The van der Waals surface area contributed by atoms with Gasteiger partial charge in [-0.05, 0) is 24.6 Å². The normalized spacial score (nSPS) is 10.9. The van der Waals surface area contributed by atoms with Crippen LogP contribution in [0.3, 0.4) is 0 Å². The fourth-order valence-corrected chi connectivity index (χ4v) is 2.27. The SMILES string of the molecule is COCCNC(=O)c1cnc(N)c(-c2nc3ccc(C)cc3[nH]2)n1.[HH].[HH].[HH].[HH]. The number of imidazole rings is 1. The van der Waals surface area contributed by atoms with Crippen LogP contribution in [-0.2, 0) is 4.74 Å². The highest BCUT2D eigenvalue weighted by atomic mass is 16.5. The summed E-state index contributed by atoms with van der Waals surface area (Å²) in [7, 11) is 1.57. The Balaban J connectivity index is 0. The van der Waals surface area contributed by atoms with Crippen molar-refractivity contribution in [3.63, 3.8) is 0 Å². The van der Waals surface area contributed by atoms with E-state index in [9.17, 15) is 4.79 Å². The van der Waals surface area contributed by atoms with Crippen LogP contribution in [0, 0.1) is 6.92 Å². The summed E-state index contributed by atoms with van der Waals surface area (Å²) in [6.45, 7) is 2.81. The number of ether oxygens (including phenoxy) is 1. The van der Waals surface area contributed by atoms with Crippen LogP contribution in [-0.4, -0.2) is 46.1 Å². The van der Waals surface area contributed by atoms with Crippen molar-refractivity contribution < 1.29 is 15.2 Å². The summed E-state index contributed by atoms with van der Waals surface area (Å²) in [5, 5.41) is 2.69. The molecule has 24 heavy (non-hydrogen) atoms. The molecule has 0 saturated heterocycles. The third-order valence-electron chi connectivity index (χ3n) is 3.49. The van der Waals surface area contributed by atoms with Crippen LogP contribution in [0.25, 0.3) is 22.6 Å². The van der Waals surface area contributed by atoms with Gasteiger partial charge >= 0.3 is 0 Å². The van der Waals surface area contributed by atoms with E-state index < -0.39 is 0 Å². The van der Waals surface area contributed by atoms with E-state index in [-0.39, 0.29) is 23.1 Å². The fourth-order valence-electron chi connectivity index (χ4n) is 2.27. The smallest absolute Gasteiger partial charge is 0.271 e. The molecule has 0 radical (unpaired) electrons. The number of amides is 1. The summed E-state index contributed by atoms with van der Waals surface area (Å²) in [5.74, 6) is 0.346. The van der Waals surface area contributed by atoms with Crippen molar-refractivity contribution in [3.8, 4) is 11.5 Å². The van der Waals surface area contributed by atoms with Crippen molar-refractivity contribution in [2.24, 2.45) is 0 Å². The number of hydrogen-bond acceptors (Lipinski definition) is 6. The number of methoxy groups -OCH3 is 1. The van der Waals surface area contributed by atoms with Crippen molar-refractivity contribution in [3.05, 3.63) is 35.7 Å². The lowest BCUT2D eigenvalue weighted by Crippen LogP contribution is -2.28. The molecule has 1 aromatic carbocycles. The van der Waals surface area contributed by atoms with Crippen molar-refractivity contribution in [1.29, 1.82) is 0 Å². The standard InChI is InChI=1S/C16H18N6O2.4H2/c1-9-3-4-10-11(7-9)22-15(21-10)13-14(17)19-8-12(20-13)16(23)18-5-6-24-2;;;;/h3-4,7-8H,5-6H2,1-2H3,(H2,17,19)(H,18,23)(H,21,22);4*1H. The van der Waals surface area contributed by atoms with Gasteiger partial charge in [-0.1, -0.05) is 6.07 Å². The number of nitrogens with zero attached hydrogens (tertiary/aromatic N) is 3. The second-order valence-corrected chi connectivity index (χ2v) is 5.34. The molecule has 0 bridgehead atoms. The van der Waals surface area contributed by atoms with Gasteiger partial charge in [0.1, 0.15) is 11.4 Å².